The van der Waals surface area contributed by atoms with Gasteiger partial charge in [-0.1, -0.05) is 30.3 Å². The van der Waals surface area contributed by atoms with Crippen LogP contribution >= 0.6 is 0 Å². The fraction of sp³-hybridized carbons (Fsp3) is 0.316. The van der Waals surface area contributed by atoms with Gasteiger partial charge in [0.1, 0.15) is 24.8 Å². The van der Waals surface area contributed by atoms with E-state index in [4.69, 9.17) is 9.57 Å². The lowest BCUT2D eigenvalue weighted by atomic mass is 9.93. The molecule has 0 heterocycles. The summed E-state index contributed by atoms with van der Waals surface area (Å²) >= 11 is 0. The van der Waals surface area contributed by atoms with E-state index in [0.717, 1.165) is 24.2 Å². The van der Waals surface area contributed by atoms with Crippen molar-refractivity contribution in [1.82, 2.24) is 5.48 Å². The number of amides is 1. The Morgan fingerprint density at radius 1 is 1.08 bits per heavy atom. The number of benzene rings is 2. The van der Waals surface area contributed by atoms with Gasteiger partial charge in [-0.05, 0) is 48.6 Å². The molecule has 0 radical (unpaired) electrons. The molecule has 1 aliphatic rings. The first-order chi connectivity index (χ1) is 11.7. The second kappa shape index (κ2) is 7.93. The van der Waals surface area contributed by atoms with Crippen molar-refractivity contribution in [3.05, 3.63) is 66.0 Å². The molecule has 0 spiro atoms. The van der Waals surface area contributed by atoms with Crippen molar-refractivity contribution in [1.29, 1.82) is 0 Å². The zero-order chi connectivity index (χ0) is 16.8. The fourth-order valence-electron chi connectivity index (χ4n) is 2.64. The zero-order valence-corrected chi connectivity index (χ0v) is 13.3. The summed E-state index contributed by atoms with van der Waals surface area (Å²) in [5.41, 5.74) is 3.31. The molecule has 1 atom stereocenters. The maximum absolute atomic E-state index is 13.1. The second-order valence-electron chi connectivity index (χ2n) is 5.84. The summed E-state index contributed by atoms with van der Waals surface area (Å²) in [5, 5.41) is 0. The highest BCUT2D eigenvalue weighted by atomic mass is 19.1. The minimum absolute atomic E-state index is 0.191. The van der Waals surface area contributed by atoms with Crippen LogP contribution in [0.15, 0.2) is 54.6 Å². The molecular weight excluding hydrogens is 309 g/mol. The SMILES string of the molecule is O=C(NOCCOc1ccccc1)C(c1ccc(F)cc1)C1CC1. The van der Waals surface area contributed by atoms with Gasteiger partial charge in [0.15, 0.2) is 0 Å². The van der Waals surface area contributed by atoms with Crippen LogP contribution < -0.4 is 10.2 Å². The van der Waals surface area contributed by atoms with Gasteiger partial charge in [0.25, 0.3) is 5.91 Å². The van der Waals surface area contributed by atoms with Crippen LogP contribution in [0.25, 0.3) is 0 Å². The van der Waals surface area contributed by atoms with Crippen molar-refractivity contribution in [3.63, 3.8) is 0 Å². The van der Waals surface area contributed by atoms with E-state index < -0.39 is 0 Å². The predicted octanol–water partition coefficient (Wildman–Crippen LogP) is 3.45. The lowest BCUT2D eigenvalue weighted by molar-refractivity contribution is -0.136. The van der Waals surface area contributed by atoms with Crippen LogP contribution in [0.5, 0.6) is 5.75 Å². The third-order valence-electron chi connectivity index (χ3n) is 3.98. The average molecular weight is 329 g/mol. The quantitative estimate of drug-likeness (QED) is 0.596. The smallest absolute Gasteiger partial charge is 0.251 e. The van der Waals surface area contributed by atoms with E-state index in [0.29, 0.717) is 12.5 Å². The standard InChI is InChI=1S/C19H20FNO3/c20-16-10-8-15(9-11-16)18(14-6-7-14)19(22)21-24-13-12-23-17-4-2-1-3-5-17/h1-5,8-11,14,18H,6-7,12-13H2,(H,21,22). The highest BCUT2D eigenvalue weighted by Crippen LogP contribution is 2.42. The number of carbonyl (C=O) groups excluding carboxylic acids is 1. The normalized spacial score (nSPS) is 14.9. The summed E-state index contributed by atoms with van der Waals surface area (Å²) in [5.74, 6) is 0.279. The van der Waals surface area contributed by atoms with E-state index in [1.165, 1.54) is 12.1 Å². The first kappa shape index (κ1) is 16.5. The molecule has 1 amide bonds. The molecule has 1 saturated carbocycles. The molecule has 0 aromatic heterocycles. The van der Waals surface area contributed by atoms with E-state index >= 15 is 0 Å². The molecule has 126 valence electrons. The Labute approximate surface area is 140 Å². The molecule has 0 bridgehead atoms. The summed E-state index contributed by atoms with van der Waals surface area (Å²) in [6.45, 7) is 0.594. The number of ether oxygens (including phenoxy) is 1. The lowest BCUT2D eigenvalue weighted by Crippen LogP contribution is -2.32. The van der Waals surface area contributed by atoms with Gasteiger partial charge in [-0.25, -0.2) is 9.87 Å². The third-order valence-corrected chi connectivity index (χ3v) is 3.98. The predicted molar refractivity (Wildman–Crippen MR) is 87.9 cm³/mol. The topological polar surface area (TPSA) is 47.6 Å². The maximum Gasteiger partial charge on any atom is 0.251 e. The maximum atomic E-state index is 13.1. The Hall–Kier alpha value is -2.40. The molecule has 1 aliphatic carbocycles. The average Bonchev–Trinajstić information content (AvgIpc) is 3.42. The molecular formula is C19H20FNO3. The van der Waals surface area contributed by atoms with Crippen LogP contribution in [0.2, 0.25) is 0 Å². The molecule has 24 heavy (non-hydrogen) atoms. The van der Waals surface area contributed by atoms with Gasteiger partial charge in [-0.2, -0.15) is 0 Å². The van der Waals surface area contributed by atoms with Gasteiger partial charge in [-0.15, -0.1) is 0 Å². The number of halogens is 1. The molecule has 1 N–H and O–H groups in total. The van der Waals surface area contributed by atoms with E-state index in [1.807, 2.05) is 30.3 Å². The molecule has 5 heteroatoms. The van der Waals surface area contributed by atoms with Gasteiger partial charge < -0.3 is 4.74 Å². The molecule has 3 rings (SSSR count). The van der Waals surface area contributed by atoms with Crippen molar-refractivity contribution in [2.24, 2.45) is 5.92 Å². The van der Waals surface area contributed by atoms with Crippen molar-refractivity contribution in [3.8, 4) is 5.75 Å². The van der Waals surface area contributed by atoms with E-state index in [9.17, 15) is 9.18 Å². The first-order valence-electron chi connectivity index (χ1n) is 8.09. The molecule has 2 aromatic carbocycles. The van der Waals surface area contributed by atoms with Crippen LogP contribution in [0.3, 0.4) is 0 Å². The monoisotopic (exact) mass is 329 g/mol. The number of nitrogens with one attached hydrogen (secondary N) is 1. The second-order valence-corrected chi connectivity index (χ2v) is 5.84. The van der Waals surface area contributed by atoms with Crippen LogP contribution in [0, 0.1) is 11.7 Å². The Kier molecular flexibility index (Phi) is 5.43. The summed E-state index contributed by atoms with van der Waals surface area (Å²) in [6, 6.07) is 15.5. The van der Waals surface area contributed by atoms with Gasteiger partial charge in [0.05, 0.1) is 5.92 Å². The minimum atomic E-state index is -0.303. The summed E-state index contributed by atoms with van der Waals surface area (Å²) in [4.78, 5) is 17.6. The Bertz CT molecular complexity index is 656. The van der Waals surface area contributed by atoms with Crippen LogP contribution in [0.1, 0.15) is 24.3 Å². The largest absolute Gasteiger partial charge is 0.491 e. The van der Waals surface area contributed by atoms with Gasteiger partial charge >= 0.3 is 0 Å². The Balaban J connectivity index is 1.45. The van der Waals surface area contributed by atoms with Gasteiger partial charge in [-0.3, -0.25) is 9.63 Å². The van der Waals surface area contributed by atoms with Gasteiger partial charge in [0.2, 0.25) is 0 Å². The van der Waals surface area contributed by atoms with Crippen molar-refractivity contribution in [2.45, 2.75) is 18.8 Å². The van der Waals surface area contributed by atoms with Crippen LogP contribution in [-0.4, -0.2) is 19.1 Å². The lowest BCUT2D eigenvalue weighted by Gasteiger charge is -2.16. The van der Waals surface area contributed by atoms with Crippen molar-refractivity contribution >= 4 is 5.91 Å². The molecule has 0 aliphatic heterocycles. The van der Waals surface area contributed by atoms with Crippen LogP contribution in [-0.2, 0) is 9.63 Å². The number of carbonyl (C=O) groups is 1. The summed E-state index contributed by atoms with van der Waals surface area (Å²) in [6.07, 6.45) is 2.01. The number of hydroxylamine groups is 1. The number of rotatable bonds is 8. The number of hydrogen-bond donors (Lipinski definition) is 1. The van der Waals surface area contributed by atoms with Crippen molar-refractivity contribution in [2.75, 3.05) is 13.2 Å². The molecule has 0 saturated heterocycles. The minimum Gasteiger partial charge on any atom is -0.491 e. The number of para-hydroxylation sites is 1. The van der Waals surface area contributed by atoms with Crippen molar-refractivity contribution < 1.29 is 18.8 Å². The highest BCUT2D eigenvalue weighted by molar-refractivity contribution is 5.83. The fourth-order valence-corrected chi connectivity index (χ4v) is 2.64. The zero-order valence-electron chi connectivity index (χ0n) is 13.3. The van der Waals surface area contributed by atoms with E-state index in [-0.39, 0.29) is 24.2 Å². The Morgan fingerprint density at radius 3 is 2.46 bits per heavy atom. The molecule has 4 nitrogen and oxygen atoms in total. The number of hydrogen-bond acceptors (Lipinski definition) is 3. The Morgan fingerprint density at radius 2 is 1.79 bits per heavy atom. The summed E-state index contributed by atoms with van der Waals surface area (Å²) < 4.78 is 18.5. The molecule has 2 aromatic rings. The van der Waals surface area contributed by atoms with E-state index in [1.54, 1.807) is 12.1 Å². The first-order valence-corrected chi connectivity index (χ1v) is 8.09. The highest BCUT2D eigenvalue weighted by Gasteiger charge is 2.37. The molecule has 1 fully saturated rings. The van der Waals surface area contributed by atoms with Crippen LogP contribution in [0.4, 0.5) is 4.39 Å². The molecule has 1 unspecified atom stereocenters. The van der Waals surface area contributed by atoms with Gasteiger partial charge in [0, 0.05) is 0 Å². The summed E-state index contributed by atoms with van der Waals surface area (Å²) in [7, 11) is 0. The van der Waals surface area contributed by atoms with E-state index in [2.05, 4.69) is 5.48 Å². The third kappa shape index (κ3) is 4.55.